The molecule has 0 spiro atoms. The summed E-state index contributed by atoms with van der Waals surface area (Å²) < 4.78 is 12.6. The summed E-state index contributed by atoms with van der Waals surface area (Å²) in [7, 11) is 3.61. The van der Waals surface area contributed by atoms with Crippen LogP contribution in [0, 0.1) is 0 Å². The molecular weight excluding hydrogens is 394 g/mol. The van der Waals surface area contributed by atoms with Crippen molar-refractivity contribution in [3.8, 4) is 0 Å². The van der Waals surface area contributed by atoms with Gasteiger partial charge >= 0.3 is 0 Å². The number of carbonyl (C=O) groups excluding carboxylic acids is 2. The van der Waals surface area contributed by atoms with E-state index in [-0.39, 0.29) is 18.4 Å². The van der Waals surface area contributed by atoms with Crippen molar-refractivity contribution in [1.29, 1.82) is 0 Å². The lowest BCUT2D eigenvalue weighted by Gasteiger charge is -2.27. The second-order valence-electron chi connectivity index (χ2n) is 7.91. The first-order valence-corrected chi connectivity index (χ1v) is 11.2. The van der Waals surface area contributed by atoms with Gasteiger partial charge in [0, 0.05) is 45.6 Å². The summed E-state index contributed by atoms with van der Waals surface area (Å²) in [6.45, 7) is 4.13. The third-order valence-corrected chi connectivity index (χ3v) is 5.38. The topological polar surface area (TPSA) is 67.9 Å². The van der Waals surface area contributed by atoms with E-state index in [0.717, 1.165) is 37.1 Å². The summed E-state index contributed by atoms with van der Waals surface area (Å²) in [5.41, 5.74) is 1.02. The number of carbonyl (C=O) groups is 2. The maximum absolute atomic E-state index is 13.3. The minimum atomic E-state index is -0.0862. The predicted molar refractivity (Wildman–Crippen MR) is 120 cm³/mol. The lowest BCUT2D eigenvalue weighted by atomic mass is 10.1. The third kappa shape index (κ3) is 8.61. The van der Waals surface area contributed by atoms with E-state index in [1.165, 1.54) is 0 Å². The molecule has 2 rings (SSSR count). The molecule has 0 atom stereocenters. The number of hydrogen-bond acceptors (Lipinski definition) is 4. The molecule has 0 aliphatic carbocycles. The number of unbranched alkanes of at least 4 members (excludes halogenated alkanes) is 3. The number of methoxy groups -OCH3 is 1. The molecule has 172 valence electrons. The molecule has 2 aromatic heterocycles. The van der Waals surface area contributed by atoms with Crippen LogP contribution >= 0.6 is 0 Å². The number of hydrogen-bond donors (Lipinski definition) is 0. The van der Waals surface area contributed by atoms with Crippen molar-refractivity contribution in [1.82, 2.24) is 14.4 Å². The van der Waals surface area contributed by atoms with E-state index in [2.05, 4.69) is 6.92 Å². The highest BCUT2D eigenvalue weighted by molar-refractivity contribution is 5.84. The number of aryl methyl sites for hydroxylation is 1. The summed E-state index contributed by atoms with van der Waals surface area (Å²) in [5, 5.41) is 0. The zero-order valence-corrected chi connectivity index (χ0v) is 19.2. The minimum absolute atomic E-state index is 0.0392. The molecule has 7 nitrogen and oxygen atoms in total. The maximum atomic E-state index is 13.3. The van der Waals surface area contributed by atoms with E-state index in [4.69, 9.17) is 9.15 Å². The van der Waals surface area contributed by atoms with Gasteiger partial charge in [0.15, 0.2) is 0 Å². The van der Waals surface area contributed by atoms with E-state index in [0.29, 0.717) is 39.1 Å². The second-order valence-corrected chi connectivity index (χ2v) is 7.91. The van der Waals surface area contributed by atoms with Crippen molar-refractivity contribution in [2.45, 2.75) is 58.5 Å². The van der Waals surface area contributed by atoms with Gasteiger partial charge in [0.05, 0.1) is 25.9 Å². The van der Waals surface area contributed by atoms with Crippen LogP contribution in [0.25, 0.3) is 0 Å². The molecule has 0 fully saturated rings. The predicted octanol–water partition coefficient (Wildman–Crippen LogP) is 3.98. The van der Waals surface area contributed by atoms with Gasteiger partial charge in [-0.1, -0.05) is 26.2 Å². The molecule has 0 unspecified atom stereocenters. The molecule has 2 amide bonds. The van der Waals surface area contributed by atoms with Crippen LogP contribution in [0.15, 0.2) is 41.1 Å². The van der Waals surface area contributed by atoms with E-state index < -0.39 is 0 Å². The van der Waals surface area contributed by atoms with Crippen molar-refractivity contribution >= 4 is 11.8 Å². The molecular formula is C24H37N3O4. The zero-order valence-electron chi connectivity index (χ0n) is 19.2. The van der Waals surface area contributed by atoms with Crippen LogP contribution in [-0.2, 0) is 34.5 Å². The molecule has 0 aromatic carbocycles. The molecule has 7 heteroatoms. The molecule has 31 heavy (non-hydrogen) atoms. The van der Waals surface area contributed by atoms with Crippen LogP contribution in [0.5, 0.6) is 0 Å². The molecule has 0 N–H and O–H groups in total. The Bertz CT molecular complexity index is 770. The van der Waals surface area contributed by atoms with Gasteiger partial charge in [-0.2, -0.15) is 0 Å². The number of aromatic nitrogens is 1. The quantitative estimate of drug-likeness (QED) is 0.400. The Balaban J connectivity index is 2.06. The largest absolute Gasteiger partial charge is 0.467 e. The van der Waals surface area contributed by atoms with Crippen LogP contribution in [-0.4, -0.2) is 53.0 Å². The SMILES string of the molecule is CCCCCCC(=O)N(CCCOC)CC(=O)N(Cc1ccco1)Cc1cccn1C. The lowest BCUT2D eigenvalue weighted by Crippen LogP contribution is -2.43. The highest BCUT2D eigenvalue weighted by Crippen LogP contribution is 2.13. The lowest BCUT2D eigenvalue weighted by molar-refractivity contribution is -0.141. The highest BCUT2D eigenvalue weighted by Gasteiger charge is 2.22. The summed E-state index contributed by atoms with van der Waals surface area (Å²) in [6.07, 6.45) is 8.92. The van der Waals surface area contributed by atoms with E-state index in [1.807, 2.05) is 42.1 Å². The highest BCUT2D eigenvalue weighted by atomic mass is 16.5. The Labute approximate surface area is 185 Å². The van der Waals surface area contributed by atoms with Gasteiger partial charge in [0.1, 0.15) is 5.76 Å². The third-order valence-electron chi connectivity index (χ3n) is 5.38. The van der Waals surface area contributed by atoms with Crippen molar-refractivity contribution in [3.63, 3.8) is 0 Å². The number of ether oxygens (including phenoxy) is 1. The van der Waals surface area contributed by atoms with E-state index in [9.17, 15) is 9.59 Å². The van der Waals surface area contributed by atoms with Gasteiger partial charge < -0.3 is 23.5 Å². The first-order chi connectivity index (χ1) is 15.0. The van der Waals surface area contributed by atoms with Gasteiger partial charge in [-0.25, -0.2) is 0 Å². The maximum Gasteiger partial charge on any atom is 0.242 e. The normalized spacial score (nSPS) is 10.9. The monoisotopic (exact) mass is 431 g/mol. The first-order valence-electron chi connectivity index (χ1n) is 11.2. The van der Waals surface area contributed by atoms with Crippen LogP contribution in [0.4, 0.5) is 0 Å². The van der Waals surface area contributed by atoms with Crippen molar-refractivity contribution in [2.75, 3.05) is 26.8 Å². The molecule has 0 bridgehead atoms. The molecule has 2 heterocycles. The Morgan fingerprint density at radius 3 is 2.52 bits per heavy atom. The Morgan fingerprint density at radius 2 is 1.87 bits per heavy atom. The summed E-state index contributed by atoms with van der Waals surface area (Å²) in [5.74, 6) is 0.675. The molecule has 0 radical (unpaired) electrons. The molecule has 0 saturated carbocycles. The van der Waals surface area contributed by atoms with Crippen LogP contribution in [0.1, 0.15) is 56.9 Å². The van der Waals surface area contributed by atoms with Gasteiger partial charge in [0.2, 0.25) is 11.8 Å². The van der Waals surface area contributed by atoms with Gasteiger partial charge in [-0.05, 0) is 37.1 Å². The zero-order chi connectivity index (χ0) is 22.5. The van der Waals surface area contributed by atoms with Crippen LogP contribution in [0.2, 0.25) is 0 Å². The minimum Gasteiger partial charge on any atom is -0.467 e. The fourth-order valence-corrected chi connectivity index (χ4v) is 3.50. The fraction of sp³-hybridized carbons (Fsp3) is 0.583. The summed E-state index contributed by atoms with van der Waals surface area (Å²) in [6, 6.07) is 7.64. The fourth-order valence-electron chi connectivity index (χ4n) is 3.50. The molecule has 0 aliphatic heterocycles. The molecule has 0 saturated heterocycles. The Kier molecular flexibility index (Phi) is 10.9. The molecule has 0 aliphatic rings. The number of rotatable bonds is 15. The Morgan fingerprint density at radius 1 is 1.03 bits per heavy atom. The average molecular weight is 432 g/mol. The van der Waals surface area contributed by atoms with E-state index in [1.54, 1.807) is 23.2 Å². The number of amides is 2. The number of nitrogens with zero attached hydrogens (tertiary/aromatic N) is 3. The summed E-state index contributed by atoms with van der Waals surface area (Å²) >= 11 is 0. The van der Waals surface area contributed by atoms with Gasteiger partial charge in [-0.15, -0.1) is 0 Å². The van der Waals surface area contributed by atoms with Crippen molar-refractivity contribution in [3.05, 3.63) is 48.2 Å². The van der Waals surface area contributed by atoms with E-state index >= 15 is 0 Å². The summed E-state index contributed by atoms with van der Waals surface area (Å²) in [4.78, 5) is 29.6. The van der Waals surface area contributed by atoms with Crippen LogP contribution < -0.4 is 0 Å². The van der Waals surface area contributed by atoms with Crippen LogP contribution in [0.3, 0.4) is 0 Å². The number of furan rings is 1. The Hall–Kier alpha value is -2.54. The van der Waals surface area contributed by atoms with Gasteiger partial charge in [-0.3, -0.25) is 9.59 Å². The average Bonchev–Trinajstić information content (AvgIpc) is 3.42. The van der Waals surface area contributed by atoms with Crippen molar-refractivity contribution < 1.29 is 18.7 Å². The second kappa shape index (κ2) is 13.7. The first kappa shape index (κ1) is 24.7. The van der Waals surface area contributed by atoms with Crippen molar-refractivity contribution in [2.24, 2.45) is 7.05 Å². The standard InChI is InChI=1S/C24H37N3O4/c1-4-5-6-7-13-23(28)26(15-10-16-30-3)20-24(29)27(19-22-12-9-17-31-22)18-21-11-8-14-25(21)2/h8-9,11-12,14,17H,4-7,10,13,15-16,18-20H2,1-3H3. The molecule has 2 aromatic rings. The smallest absolute Gasteiger partial charge is 0.242 e. The van der Waals surface area contributed by atoms with Gasteiger partial charge in [0.25, 0.3) is 0 Å².